The summed E-state index contributed by atoms with van der Waals surface area (Å²) in [6.45, 7) is 0.235. The Labute approximate surface area is 120 Å². The number of nitrogens with one attached hydrogen (secondary N) is 1. The summed E-state index contributed by atoms with van der Waals surface area (Å²) in [7, 11) is -3.49. The lowest BCUT2D eigenvalue weighted by Gasteiger charge is -2.07. The molecule has 0 radical (unpaired) electrons. The summed E-state index contributed by atoms with van der Waals surface area (Å²) in [4.78, 5) is 0.242. The van der Waals surface area contributed by atoms with Gasteiger partial charge in [0.15, 0.2) is 0 Å². The molecule has 6 heteroatoms. The summed E-state index contributed by atoms with van der Waals surface area (Å²) in [5.74, 6) is 0. The second-order valence-electron chi connectivity index (χ2n) is 4.02. The van der Waals surface area contributed by atoms with Crippen molar-refractivity contribution in [2.45, 2.75) is 11.4 Å². The van der Waals surface area contributed by atoms with Crippen LogP contribution in [0.3, 0.4) is 0 Å². The zero-order chi connectivity index (χ0) is 13.9. The molecule has 19 heavy (non-hydrogen) atoms. The maximum Gasteiger partial charge on any atom is 0.240 e. The number of hydrogen-bond acceptors (Lipinski definition) is 3. The molecule has 0 aliphatic carbocycles. The topological polar surface area (TPSA) is 72.2 Å². The largest absolute Gasteiger partial charge is 0.399 e. The third kappa shape index (κ3) is 3.79. The van der Waals surface area contributed by atoms with Gasteiger partial charge in [-0.1, -0.05) is 28.1 Å². The van der Waals surface area contributed by atoms with Crippen molar-refractivity contribution >= 4 is 31.6 Å². The first-order valence-electron chi connectivity index (χ1n) is 5.57. The minimum absolute atomic E-state index is 0.235. The van der Waals surface area contributed by atoms with Crippen LogP contribution in [0.1, 0.15) is 5.56 Å². The van der Waals surface area contributed by atoms with Crippen LogP contribution in [0.4, 0.5) is 5.69 Å². The highest BCUT2D eigenvalue weighted by Crippen LogP contribution is 2.15. The zero-order valence-corrected chi connectivity index (χ0v) is 12.4. The normalized spacial score (nSPS) is 11.4. The van der Waals surface area contributed by atoms with E-state index in [0.717, 1.165) is 10.0 Å². The number of nitrogens with two attached hydrogens (primary N) is 1. The molecule has 2 rings (SSSR count). The molecule has 3 N–H and O–H groups in total. The summed E-state index contributed by atoms with van der Waals surface area (Å²) >= 11 is 3.27. The van der Waals surface area contributed by atoms with Gasteiger partial charge in [-0.25, -0.2) is 13.1 Å². The van der Waals surface area contributed by atoms with E-state index in [0.29, 0.717) is 5.69 Å². The Hall–Kier alpha value is -1.37. The average Bonchev–Trinajstić information content (AvgIpc) is 2.39. The number of halogens is 1. The number of nitrogen functional groups attached to an aromatic ring is 1. The Kier molecular flexibility index (Phi) is 4.24. The third-order valence-corrected chi connectivity index (χ3v) is 4.52. The monoisotopic (exact) mass is 340 g/mol. The fourth-order valence-electron chi connectivity index (χ4n) is 1.51. The minimum atomic E-state index is -3.49. The van der Waals surface area contributed by atoms with Crippen LogP contribution >= 0.6 is 15.9 Å². The molecule has 4 nitrogen and oxygen atoms in total. The van der Waals surface area contributed by atoms with Gasteiger partial charge in [-0.05, 0) is 42.0 Å². The van der Waals surface area contributed by atoms with E-state index in [1.165, 1.54) is 0 Å². The molecule has 2 aromatic carbocycles. The van der Waals surface area contributed by atoms with Gasteiger partial charge >= 0.3 is 0 Å². The molecule has 2 aromatic rings. The van der Waals surface area contributed by atoms with Crippen LogP contribution in [-0.2, 0) is 16.6 Å². The fourth-order valence-corrected chi connectivity index (χ4v) is 2.79. The van der Waals surface area contributed by atoms with Crippen molar-refractivity contribution in [2.24, 2.45) is 0 Å². The predicted molar refractivity (Wildman–Crippen MR) is 79.0 cm³/mol. The lowest BCUT2D eigenvalue weighted by molar-refractivity contribution is 0.581. The molecule has 0 saturated heterocycles. The second-order valence-corrected chi connectivity index (χ2v) is 6.70. The van der Waals surface area contributed by atoms with Gasteiger partial charge in [0.05, 0.1) is 4.90 Å². The lowest BCUT2D eigenvalue weighted by Crippen LogP contribution is -2.23. The van der Waals surface area contributed by atoms with Crippen molar-refractivity contribution in [2.75, 3.05) is 5.73 Å². The summed E-state index contributed by atoms with van der Waals surface area (Å²) in [5, 5.41) is 0. The Morgan fingerprint density at radius 3 is 2.16 bits per heavy atom. The molecule has 0 aliphatic rings. The van der Waals surface area contributed by atoms with Crippen molar-refractivity contribution in [1.29, 1.82) is 0 Å². The maximum atomic E-state index is 12.0. The average molecular weight is 341 g/mol. The molecular formula is C13H13BrN2O2S. The van der Waals surface area contributed by atoms with Crippen LogP contribution in [0.5, 0.6) is 0 Å². The van der Waals surface area contributed by atoms with Gasteiger partial charge in [0.25, 0.3) is 0 Å². The summed E-state index contributed by atoms with van der Waals surface area (Å²) in [5.41, 5.74) is 7.08. The molecule has 0 aliphatic heterocycles. The second kappa shape index (κ2) is 5.73. The molecule has 0 bridgehead atoms. The molecule has 0 amide bonds. The molecule has 0 heterocycles. The Bertz CT molecular complexity index is 652. The molecule has 0 aromatic heterocycles. The van der Waals surface area contributed by atoms with E-state index >= 15 is 0 Å². The van der Waals surface area contributed by atoms with Gasteiger partial charge in [0.1, 0.15) is 0 Å². The number of benzene rings is 2. The van der Waals surface area contributed by atoms with Crippen LogP contribution in [-0.4, -0.2) is 8.42 Å². The van der Waals surface area contributed by atoms with Crippen LogP contribution in [0.25, 0.3) is 0 Å². The molecule has 0 saturated carbocycles. The number of rotatable bonds is 4. The number of hydrogen-bond donors (Lipinski definition) is 2. The van der Waals surface area contributed by atoms with Crippen molar-refractivity contribution in [1.82, 2.24) is 4.72 Å². The van der Waals surface area contributed by atoms with Crippen molar-refractivity contribution in [3.63, 3.8) is 0 Å². The van der Waals surface area contributed by atoms with E-state index in [1.54, 1.807) is 48.5 Å². The van der Waals surface area contributed by atoms with Crippen LogP contribution in [0.15, 0.2) is 57.9 Å². The SMILES string of the molecule is Nc1ccc(CNS(=O)(=O)c2ccc(Br)cc2)cc1. The minimum Gasteiger partial charge on any atom is -0.399 e. The molecule has 100 valence electrons. The molecule has 0 spiro atoms. The van der Waals surface area contributed by atoms with Crippen molar-refractivity contribution in [3.05, 3.63) is 58.6 Å². The molecule has 0 atom stereocenters. The van der Waals surface area contributed by atoms with E-state index in [9.17, 15) is 8.42 Å². The van der Waals surface area contributed by atoms with Crippen LogP contribution in [0, 0.1) is 0 Å². The van der Waals surface area contributed by atoms with Gasteiger partial charge in [-0.2, -0.15) is 0 Å². The van der Waals surface area contributed by atoms with Gasteiger partial charge in [-0.3, -0.25) is 0 Å². The highest BCUT2D eigenvalue weighted by molar-refractivity contribution is 9.10. The number of sulfonamides is 1. The molecule has 0 unspecified atom stereocenters. The maximum absolute atomic E-state index is 12.0. The molecule has 0 fully saturated rings. The smallest absolute Gasteiger partial charge is 0.240 e. The van der Waals surface area contributed by atoms with Crippen LogP contribution < -0.4 is 10.5 Å². The summed E-state index contributed by atoms with van der Waals surface area (Å²) in [6.07, 6.45) is 0. The number of anilines is 1. The quantitative estimate of drug-likeness (QED) is 0.840. The van der Waals surface area contributed by atoms with Gasteiger partial charge in [-0.15, -0.1) is 0 Å². The van der Waals surface area contributed by atoms with E-state index < -0.39 is 10.0 Å². The van der Waals surface area contributed by atoms with Gasteiger partial charge in [0, 0.05) is 16.7 Å². The predicted octanol–water partition coefficient (Wildman–Crippen LogP) is 2.51. The summed E-state index contributed by atoms with van der Waals surface area (Å²) in [6, 6.07) is 13.5. The van der Waals surface area contributed by atoms with Gasteiger partial charge in [0.2, 0.25) is 10.0 Å². The Morgan fingerprint density at radius 2 is 1.58 bits per heavy atom. The lowest BCUT2D eigenvalue weighted by atomic mass is 10.2. The third-order valence-electron chi connectivity index (χ3n) is 2.57. The van der Waals surface area contributed by atoms with Crippen molar-refractivity contribution < 1.29 is 8.42 Å². The first kappa shape index (κ1) is 14.0. The van der Waals surface area contributed by atoms with E-state index in [1.807, 2.05) is 0 Å². The van der Waals surface area contributed by atoms with E-state index in [2.05, 4.69) is 20.7 Å². The van der Waals surface area contributed by atoms with Crippen molar-refractivity contribution in [3.8, 4) is 0 Å². The summed E-state index contributed by atoms with van der Waals surface area (Å²) < 4.78 is 27.4. The first-order valence-corrected chi connectivity index (χ1v) is 7.85. The fraction of sp³-hybridized carbons (Fsp3) is 0.0769. The van der Waals surface area contributed by atoms with E-state index in [-0.39, 0.29) is 11.4 Å². The van der Waals surface area contributed by atoms with E-state index in [4.69, 9.17) is 5.73 Å². The highest BCUT2D eigenvalue weighted by Gasteiger charge is 2.12. The van der Waals surface area contributed by atoms with Gasteiger partial charge < -0.3 is 5.73 Å². The standard InChI is InChI=1S/C13H13BrN2O2S/c14-11-3-7-13(8-4-11)19(17,18)16-9-10-1-5-12(15)6-2-10/h1-8,16H,9,15H2. The zero-order valence-electron chi connectivity index (χ0n) is 10.0. The van der Waals surface area contributed by atoms with Crippen LogP contribution in [0.2, 0.25) is 0 Å². The Morgan fingerprint density at radius 1 is 1.00 bits per heavy atom. The Balaban J connectivity index is 2.09. The highest BCUT2D eigenvalue weighted by atomic mass is 79.9. The first-order chi connectivity index (χ1) is 8.97. The molecular weight excluding hydrogens is 328 g/mol.